The van der Waals surface area contributed by atoms with Crippen LogP contribution in [0.1, 0.15) is 44.9 Å². The second kappa shape index (κ2) is 7.22. The molecule has 1 fully saturated rings. The molecule has 0 bridgehead atoms. The molecule has 120 valence electrons. The molecule has 1 atom stereocenters. The third-order valence-electron chi connectivity index (χ3n) is 4.01. The number of nitrogens with one attached hydrogen (secondary N) is 1. The van der Waals surface area contributed by atoms with Crippen molar-refractivity contribution in [1.29, 1.82) is 0 Å². The quantitative estimate of drug-likeness (QED) is 0.872. The highest BCUT2D eigenvalue weighted by Gasteiger charge is 2.30. The standard InChI is InChI=1S/C15H26N2O2S2/c1-4-13-6-5-7-17(10-13)21(18,19)15-8-14(20-11-15)9-16-12(2)3/h8,11-13,16H,4-7,9-10H2,1-3H3. The Kier molecular flexibility index (Phi) is 5.82. The van der Waals surface area contributed by atoms with E-state index in [-0.39, 0.29) is 0 Å². The number of thiophene rings is 1. The molecule has 4 nitrogen and oxygen atoms in total. The van der Waals surface area contributed by atoms with Crippen LogP contribution < -0.4 is 5.32 Å². The smallest absolute Gasteiger partial charge is 0.243 e. The predicted octanol–water partition coefficient (Wildman–Crippen LogP) is 3.06. The van der Waals surface area contributed by atoms with Gasteiger partial charge in [-0.1, -0.05) is 27.2 Å². The number of nitrogens with zero attached hydrogens (tertiary/aromatic N) is 1. The van der Waals surface area contributed by atoms with Gasteiger partial charge in [0, 0.05) is 35.9 Å². The van der Waals surface area contributed by atoms with Gasteiger partial charge in [-0.3, -0.25) is 0 Å². The summed E-state index contributed by atoms with van der Waals surface area (Å²) in [4.78, 5) is 1.54. The van der Waals surface area contributed by atoms with Gasteiger partial charge >= 0.3 is 0 Å². The molecule has 0 aromatic carbocycles. The van der Waals surface area contributed by atoms with Gasteiger partial charge in [0.05, 0.1) is 4.90 Å². The van der Waals surface area contributed by atoms with E-state index in [0.717, 1.165) is 30.7 Å². The molecule has 1 aromatic rings. The molecule has 0 radical (unpaired) electrons. The Bertz CT molecular complexity index is 552. The van der Waals surface area contributed by atoms with Crippen molar-refractivity contribution in [3.8, 4) is 0 Å². The van der Waals surface area contributed by atoms with Crippen LogP contribution in [0.5, 0.6) is 0 Å². The van der Waals surface area contributed by atoms with Gasteiger partial charge in [0.15, 0.2) is 0 Å². The van der Waals surface area contributed by atoms with Crippen LogP contribution in [0.2, 0.25) is 0 Å². The minimum atomic E-state index is -3.31. The normalized spacial score (nSPS) is 21.0. The van der Waals surface area contributed by atoms with Gasteiger partial charge in [0.2, 0.25) is 10.0 Å². The molecule has 21 heavy (non-hydrogen) atoms. The van der Waals surface area contributed by atoms with Crippen molar-refractivity contribution in [2.45, 2.75) is 57.5 Å². The van der Waals surface area contributed by atoms with Gasteiger partial charge in [-0.2, -0.15) is 4.31 Å². The van der Waals surface area contributed by atoms with Crippen LogP contribution in [0.3, 0.4) is 0 Å². The molecule has 0 saturated carbocycles. The number of piperidine rings is 1. The predicted molar refractivity (Wildman–Crippen MR) is 88.1 cm³/mol. The van der Waals surface area contributed by atoms with Crippen molar-refractivity contribution >= 4 is 21.4 Å². The number of hydrogen-bond acceptors (Lipinski definition) is 4. The lowest BCUT2D eigenvalue weighted by Crippen LogP contribution is -2.39. The van der Waals surface area contributed by atoms with Gasteiger partial charge < -0.3 is 5.32 Å². The van der Waals surface area contributed by atoms with Crippen LogP contribution in [-0.4, -0.2) is 31.9 Å². The second-order valence-electron chi connectivity index (χ2n) is 6.06. The van der Waals surface area contributed by atoms with Crippen LogP contribution in [0, 0.1) is 5.92 Å². The van der Waals surface area contributed by atoms with E-state index in [4.69, 9.17) is 0 Å². The molecule has 1 aliphatic heterocycles. The highest BCUT2D eigenvalue weighted by Crippen LogP contribution is 2.27. The van der Waals surface area contributed by atoms with Gasteiger partial charge in [0.25, 0.3) is 0 Å². The molecule has 1 aromatic heterocycles. The van der Waals surface area contributed by atoms with E-state index < -0.39 is 10.0 Å². The minimum Gasteiger partial charge on any atom is -0.310 e. The lowest BCUT2D eigenvalue weighted by molar-refractivity contribution is 0.261. The van der Waals surface area contributed by atoms with E-state index in [2.05, 4.69) is 26.1 Å². The summed E-state index contributed by atoms with van der Waals surface area (Å²) in [7, 11) is -3.31. The Morgan fingerprint density at radius 1 is 1.48 bits per heavy atom. The van der Waals surface area contributed by atoms with Crippen LogP contribution in [0.25, 0.3) is 0 Å². The average molecular weight is 331 g/mol. The van der Waals surface area contributed by atoms with E-state index in [9.17, 15) is 8.42 Å². The molecule has 2 heterocycles. The SMILES string of the molecule is CCC1CCCN(S(=O)(=O)c2csc(CNC(C)C)c2)C1. The largest absolute Gasteiger partial charge is 0.310 e. The molecule has 1 aliphatic rings. The van der Waals surface area contributed by atoms with Crippen LogP contribution in [0.4, 0.5) is 0 Å². The molecular formula is C15H26N2O2S2. The Morgan fingerprint density at radius 2 is 2.24 bits per heavy atom. The molecule has 6 heteroatoms. The first-order valence-corrected chi connectivity index (χ1v) is 10.1. The average Bonchev–Trinajstić information content (AvgIpc) is 2.95. The highest BCUT2D eigenvalue weighted by molar-refractivity contribution is 7.89. The van der Waals surface area contributed by atoms with Crippen molar-refractivity contribution in [2.24, 2.45) is 5.92 Å². The molecule has 1 unspecified atom stereocenters. The first-order chi connectivity index (χ1) is 9.93. The second-order valence-corrected chi connectivity index (χ2v) is 9.00. The van der Waals surface area contributed by atoms with Gasteiger partial charge in [0.1, 0.15) is 0 Å². The lowest BCUT2D eigenvalue weighted by atomic mass is 9.97. The summed E-state index contributed by atoms with van der Waals surface area (Å²) in [6.45, 7) is 8.38. The van der Waals surface area contributed by atoms with Crippen LogP contribution >= 0.6 is 11.3 Å². The van der Waals surface area contributed by atoms with E-state index in [0.29, 0.717) is 29.9 Å². The third-order valence-corrected chi connectivity index (χ3v) is 6.94. The summed E-state index contributed by atoms with van der Waals surface area (Å²) in [5.41, 5.74) is 0. The maximum Gasteiger partial charge on any atom is 0.243 e. The molecule has 0 amide bonds. The highest BCUT2D eigenvalue weighted by atomic mass is 32.2. The van der Waals surface area contributed by atoms with E-state index >= 15 is 0 Å². The van der Waals surface area contributed by atoms with Crippen molar-refractivity contribution in [3.63, 3.8) is 0 Å². The first kappa shape index (κ1) is 16.9. The zero-order chi connectivity index (χ0) is 15.5. The van der Waals surface area contributed by atoms with Crippen molar-refractivity contribution in [1.82, 2.24) is 9.62 Å². The summed E-state index contributed by atoms with van der Waals surface area (Å²) in [6, 6.07) is 2.23. The zero-order valence-electron chi connectivity index (χ0n) is 13.1. The Morgan fingerprint density at radius 3 is 2.90 bits per heavy atom. The number of rotatable bonds is 6. The van der Waals surface area contributed by atoms with E-state index in [1.807, 2.05) is 6.07 Å². The van der Waals surface area contributed by atoms with Gasteiger partial charge in [-0.25, -0.2) is 8.42 Å². The van der Waals surface area contributed by atoms with E-state index in [1.165, 1.54) is 11.3 Å². The molecule has 0 spiro atoms. The summed E-state index contributed by atoms with van der Waals surface area (Å²) < 4.78 is 27.1. The molecule has 1 N–H and O–H groups in total. The maximum absolute atomic E-state index is 12.7. The summed E-state index contributed by atoms with van der Waals surface area (Å²) >= 11 is 1.52. The maximum atomic E-state index is 12.7. The minimum absolute atomic E-state index is 0.402. The third kappa shape index (κ3) is 4.28. The summed E-state index contributed by atoms with van der Waals surface area (Å²) in [6.07, 6.45) is 3.18. The van der Waals surface area contributed by atoms with Crippen molar-refractivity contribution < 1.29 is 8.42 Å². The number of sulfonamides is 1. The summed E-state index contributed by atoms with van der Waals surface area (Å²) in [5, 5.41) is 5.10. The zero-order valence-corrected chi connectivity index (χ0v) is 14.8. The van der Waals surface area contributed by atoms with Crippen molar-refractivity contribution in [2.75, 3.05) is 13.1 Å². The fourth-order valence-corrected chi connectivity index (χ4v) is 5.39. The van der Waals surface area contributed by atoms with E-state index in [1.54, 1.807) is 9.69 Å². The summed E-state index contributed by atoms with van der Waals surface area (Å²) in [5.74, 6) is 0.509. The molecular weight excluding hydrogens is 304 g/mol. The van der Waals surface area contributed by atoms with Crippen molar-refractivity contribution in [3.05, 3.63) is 16.3 Å². The molecule has 0 aliphatic carbocycles. The molecule has 1 saturated heterocycles. The first-order valence-electron chi connectivity index (χ1n) is 7.74. The van der Waals surface area contributed by atoms with Gasteiger partial charge in [-0.05, 0) is 24.8 Å². The Hall–Kier alpha value is -0.430. The number of hydrogen-bond donors (Lipinski definition) is 1. The fraction of sp³-hybridized carbons (Fsp3) is 0.733. The Labute approximate surface area is 132 Å². The van der Waals surface area contributed by atoms with Gasteiger partial charge in [-0.15, -0.1) is 11.3 Å². The Balaban J connectivity index is 2.08. The lowest BCUT2D eigenvalue weighted by Gasteiger charge is -2.31. The monoisotopic (exact) mass is 330 g/mol. The topological polar surface area (TPSA) is 49.4 Å². The molecule has 2 rings (SSSR count). The van der Waals surface area contributed by atoms with Crippen LogP contribution in [-0.2, 0) is 16.6 Å². The van der Waals surface area contributed by atoms with Crippen LogP contribution in [0.15, 0.2) is 16.3 Å². The fourth-order valence-electron chi connectivity index (χ4n) is 2.62.